The monoisotopic (exact) mass is 328 g/mol. The zero-order valence-corrected chi connectivity index (χ0v) is 14.7. The van der Waals surface area contributed by atoms with E-state index in [1.165, 1.54) is 6.92 Å². The molecule has 1 aromatic carbocycles. The molecule has 0 aliphatic rings. The highest BCUT2D eigenvalue weighted by atomic mass is 16.5. The van der Waals surface area contributed by atoms with E-state index in [9.17, 15) is 9.59 Å². The van der Waals surface area contributed by atoms with Crippen LogP contribution in [0.5, 0.6) is 0 Å². The lowest BCUT2D eigenvalue weighted by Gasteiger charge is -2.08. The summed E-state index contributed by atoms with van der Waals surface area (Å²) in [4.78, 5) is 27.4. The van der Waals surface area contributed by atoms with Crippen LogP contribution in [0.3, 0.4) is 0 Å². The number of ketones is 1. The highest BCUT2D eigenvalue weighted by Crippen LogP contribution is 2.20. The van der Waals surface area contributed by atoms with Crippen LogP contribution < -0.4 is 5.32 Å². The second kappa shape index (κ2) is 7.93. The molecule has 0 spiro atoms. The Bertz CT molecular complexity index is 747. The van der Waals surface area contributed by atoms with Crippen LogP contribution in [0.25, 0.3) is 0 Å². The molecule has 2 N–H and O–H groups in total. The minimum Gasteiger partial charge on any atom is -0.380 e. The van der Waals surface area contributed by atoms with Crippen molar-refractivity contribution in [2.45, 2.75) is 40.3 Å². The number of rotatable bonds is 7. The van der Waals surface area contributed by atoms with Crippen molar-refractivity contribution in [1.82, 2.24) is 10.3 Å². The van der Waals surface area contributed by atoms with E-state index >= 15 is 0 Å². The van der Waals surface area contributed by atoms with Crippen molar-refractivity contribution in [2.75, 3.05) is 7.11 Å². The lowest BCUT2D eigenvalue weighted by molar-refractivity contribution is 0.0945. The highest BCUT2D eigenvalue weighted by Gasteiger charge is 2.21. The Morgan fingerprint density at radius 1 is 1.25 bits per heavy atom. The maximum atomic E-state index is 12.5. The van der Waals surface area contributed by atoms with Crippen LogP contribution >= 0.6 is 0 Å². The summed E-state index contributed by atoms with van der Waals surface area (Å²) in [5, 5.41) is 2.92. The number of Topliss-reactive ketones (excluding diaryl/α,β-unsaturated/α-hetero) is 1. The molecule has 1 amide bonds. The number of carbonyl (C=O) groups is 2. The molecule has 0 bridgehead atoms. The first-order valence-corrected chi connectivity index (χ1v) is 8.05. The molecule has 24 heavy (non-hydrogen) atoms. The van der Waals surface area contributed by atoms with Gasteiger partial charge in [-0.15, -0.1) is 0 Å². The van der Waals surface area contributed by atoms with Crippen molar-refractivity contribution >= 4 is 11.7 Å². The van der Waals surface area contributed by atoms with E-state index in [1.54, 1.807) is 7.11 Å². The Hall–Kier alpha value is -2.40. The number of methoxy groups -OCH3 is 1. The van der Waals surface area contributed by atoms with E-state index < -0.39 is 0 Å². The molecule has 0 saturated heterocycles. The summed E-state index contributed by atoms with van der Waals surface area (Å²) < 4.78 is 5.12. The zero-order chi connectivity index (χ0) is 17.7. The average molecular weight is 328 g/mol. The first kappa shape index (κ1) is 17.9. The molecule has 2 aromatic rings. The molecule has 1 heterocycles. The Balaban J connectivity index is 2.14. The highest BCUT2D eigenvalue weighted by molar-refractivity contribution is 6.02. The van der Waals surface area contributed by atoms with Crippen molar-refractivity contribution in [2.24, 2.45) is 0 Å². The zero-order valence-electron chi connectivity index (χ0n) is 14.7. The number of nitrogens with one attached hydrogen (secondary N) is 2. The number of hydrogen-bond acceptors (Lipinski definition) is 3. The van der Waals surface area contributed by atoms with E-state index in [0.717, 1.165) is 22.4 Å². The summed E-state index contributed by atoms with van der Waals surface area (Å²) in [6.07, 6.45) is 0.630. The number of hydrogen-bond donors (Lipinski definition) is 2. The van der Waals surface area contributed by atoms with Gasteiger partial charge in [0, 0.05) is 24.9 Å². The molecule has 5 nitrogen and oxygen atoms in total. The molecule has 1 aromatic heterocycles. The van der Waals surface area contributed by atoms with Gasteiger partial charge in [0.05, 0.1) is 6.61 Å². The lowest BCUT2D eigenvalue weighted by Crippen LogP contribution is -2.24. The van der Waals surface area contributed by atoms with Gasteiger partial charge in [-0.05, 0) is 37.0 Å². The Kier molecular flexibility index (Phi) is 5.93. The van der Waals surface area contributed by atoms with Crippen LogP contribution in [-0.4, -0.2) is 23.8 Å². The molecule has 5 heteroatoms. The fourth-order valence-corrected chi connectivity index (χ4v) is 2.97. The van der Waals surface area contributed by atoms with Gasteiger partial charge in [0.15, 0.2) is 5.78 Å². The third-order valence-corrected chi connectivity index (χ3v) is 3.98. The quantitative estimate of drug-likeness (QED) is 0.767. The van der Waals surface area contributed by atoms with Crippen molar-refractivity contribution in [3.8, 4) is 0 Å². The first-order chi connectivity index (χ1) is 11.5. The summed E-state index contributed by atoms with van der Waals surface area (Å²) in [7, 11) is 1.65. The molecule has 0 aliphatic carbocycles. The van der Waals surface area contributed by atoms with Gasteiger partial charge in [0.25, 0.3) is 5.91 Å². The third kappa shape index (κ3) is 3.92. The maximum Gasteiger partial charge on any atom is 0.268 e. The number of aromatic amines is 1. The molecule has 128 valence electrons. The molecule has 0 atom stereocenters. The second-order valence-corrected chi connectivity index (χ2v) is 5.82. The number of aromatic nitrogens is 1. The number of H-pyrrole nitrogens is 1. The molecular formula is C19H24N2O3. The third-order valence-electron chi connectivity index (χ3n) is 3.98. The van der Waals surface area contributed by atoms with Gasteiger partial charge in [-0.2, -0.15) is 0 Å². The van der Waals surface area contributed by atoms with Crippen molar-refractivity contribution in [3.05, 3.63) is 57.9 Å². The topological polar surface area (TPSA) is 71.2 Å². The van der Waals surface area contributed by atoms with Crippen LogP contribution in [0.2, 0.25) is 0 Å². The minimum absolute atomic E-state index is 0.0214. The summed E-state index contributed by atoms with van der Waals surface area (Å²) >= 11 is 0. The van der Waals surface area contributed by atoms with Crippen LogP contribution in [0.1, 0.15) is 57.1 Å². The van der Waals surface area contributed by atoms with Crippen LogP contribution in [-0.2, 0) is 24.3 Å². The van der Waals surface area contributed by atoms with Gasteiger partial charge >= 0.3 is 0 Å². The number of ether oxygens (including phenoxy) is 1. The van der Waals surface area contributed by atoms with E-state index in [0.29, 0.717) is 30.8 Å². The van der Waals surface area contributed by atoms with Gasteiger partial charge < -0.3 is 15.0 Å². The first-order valence-electron chi connectivity index (χ1n) is 8.05. The maximum absolute atomic E-state index is 12.5. The molecule has 0 saturated carbocycles. The van der Waals surface area contributed by atoms with Gasteiger partial charge in [-0.3, -0.25) is 9.59 Å². The molecule has 0 unspecified atom stereocenters. The van der Waals surface area contributed by atoms with Crippen LogP contribution in [0, 0.1) is 6.92 Å². The van der Waals surface area contributed by atoms with Crippen molar-refractivity contribution < 1.29 is 14.3 Å². The summed E-state index contributed by atoms with van der Waals surface area (Å²) in [6.45, 7) is 6.26. The number of carbonyl (C=O) groups excluding carboxylic acids is 2. The fourth-order valence-electron chi connectivity index (χ4n) is 2.97. The number of amides is 1. The van der Waals surface area contributed by atoms with Crippen LogP contribution in [0.4, 0.5) is 0 Å². The van der Waals surface area contributed by atoms with Crippen molar-refractivity contribution in [1.29, 1.82) is 0 Å². The van der Waals surface area contributed by atoms with Crippen molar-refractivity contribution in [3.63, 3.8) is 0 Å². The predicted molar refractivity (Wildman–Crippen MR) is 93.2 cm³/mol. The number of benzene rings is 1. The van der Waals surface area contributed by atoms with E-state index in [2.05, 4.69) is 10.3 Å². The summed E-state index contributed by atoms with van der Waals surface area (Å²) in [6, 6.07) is 7.89. The smallest absolute Gasteiger partial charge is 0.268 e. The average Bonchev–Trinajstić information content (AvgIpc) is 2.90. The molecule has 0 aliphatic heterocycles. The molecular weight excluding hydrogens is 304 g/mol. The summed E-state index contributed by atoms with van der Waals surface area (Å²) in [5.74, 6) is -0.216. The van der Waals surface area contributed by atoms with Gasteiger partial charge in [0.1, 0.15) is 5.69 Å². The Morgan fingerprint density at radius 3 is 2.58 bits per heavy atom. The Morgan fingerprint density at radius 2 is 1.96 bits per heavy atom. The van der Waals surface area contributed by atoms with E-state index in [1.807, 2.05) is 38.1 Å². The number of aryl methyl sites for hydroxylation is 1. The second-order valence-electron chi connectivity index (χ2n) is 5.82. The SMILES string of the molecule is CCc1c(C(=O)NCc2cccc(COC)c2)[nH]c(C)c1C(C)=O. The van der Waals surface area contributed by atoms with Crippen LogP contribution in [0.15, 0.2) is 24.3 Å². The lowest BCUT2D eigenvalue weighted by atomic mass is 10.0. The molecule has 2 rings (SSSR count). The largest absolute Gasteiger partial charge is 0.380 e. The predicted octanol–water partition coefficient (Wildman–Crippen LogP) is 3.16. The summed E-state index contributed by atoms with van der Waals surface area (Å²) in [5.41, 5.74) is 4.70. The van der Waals surface area contributed by atoms with E-state index in [4.69, 9.17) is 4.74 Å². The molecule has 0 fully saturated rings. The molecule has 0 radical (unpaired) electrons. The standard InChI is InChI=1S/C19H24N2O3/c1-5-16-17(13(3)22)12(2)21-18(16)19(23)20-10-14-7-6-8-15(9-14)11-24-4/h6-9,21H,5,10-11H2,1-4H3,(H,20,23). The van der Waals surface area contributed by atoms with Gasteiger partial charge in [-0.25, -0.2) is 0 Å². The van der Waals surface area contributed by atoms with E-state index in [-0.39, 0.29) is 11.7 Å². The normalized spacial score (nSPS) is 10.7. The van der Waals surface area contributed by atoms with Gasteiger partial charge in [-0.1, -0.05) is 31.2 Å². The van der Waals surface area contributed by atoms with Gasteiger partial charge in [0.2, 0.25) is 0 Å². The minimum atomic E-state index is -0.195. The Labute approximate surface area is 142 Å². The fraction of sp³-hybridized carbons (Fsp3) is 0.368.